The highest BCUT2D eigenvalue weighted by molar-refractivity contribution is 8.01. The Hall–Kier alpha value is -0.950. The number of aromatic amines is 1. The third-order valence-electron chi connectivity index (χ3n) is 4.24. The van der Waals surface area contributed by atoms with Crippen LogP contribution < -0.4 is 5.56 Å². The number of hydrogen-bond donors (Lipinski definition) is 1. The van der Waals surface area contributed by atoms with Gasteiger partial charge in [-0.2, -0.15) is 0 Å². The normalized spacial score (nSPS) is 24.4. The average molecular weight is 328 g/mol. The number of alkyl halides is 2. The molecule has 3 heterocycles. The monoisotopic (exact) mass is 328 g/mol. The second-order valence-corrected chi connectivity index (χ2v) is 8.11. The molecule has 21 heavy (non-hydrogen) atoms. The third kappa shape index (κ3) is 2.30. The molecule has 1 saturated carbocycles. The average Bonchev–Trinajstić information content (AvgIpc) is 2.98. The van der Waals surface area contributed by atoms with Crippen LogP contribution in [0.1, 0.15) is 43.0 Å². The number of aromatic nitrogens is 2. The van der Waals surface area contributed by atoms with Crippen molar-refractivity contribution in [1.82, 2.24) is 9.97 Å². The van der Waals surface area contributed by atoms with E-state index in [1.807, 2.05) is 0 Å². The van der Waals surface area contributed by atoms with E-state index in [1.54, 1.807) is 11.8 Å². The van der Waals surface area contributed by atoms with Gasteiger partial charge in [-0.05, 0) is 30.6 Å². The molecule has 2 aromatic heterocycles. The molecule has 0 spiro atoms. The molecule has 1 N–H and O–H groups in total. The van der Waals surface area contributed by atoms with Crippen LogP contribution in [0.25, 0.3) is 10.2 Å². The van der Waals surface area contributed by atoms with Gasteiger partial charge in [-0.25, -0.2) is 13.8 Å². The molecule has 2 aliphatic rings. The fourth-order valence-electron chi connectivity index (χ4n) is 3.19. The van der Waals surface area contributed by atoms with Crippen LogP contribution in [-0.2, 0) is 6.42 Å². The van der Waals surface area contributed by atoms with Crippen LogP contribution >= 0.6 is 23.1 Å². The maximum atomic E-state index is 13.4. The van der Waals surface area contributed by atoms with E-state index in [4.69, 9.17) is 0 Å². The zero-order valence-electron chi connectivity index (χ0n) is 11.2. The van der Waals surface area contributed by atoms with Crippen molar-refractivity contribution in [3.8, 4) is 0 Å². The minimum atomic E-state index is -2.62. The summed E-state index contributed by atoms with van der Waals surface area (Å²) >= 11 is 3.30. The van der Waals surface area contributed by atoms with Crippen molar-refractivity contribution in [2.24, 2.45) is 0 Å². The molecule has 0 amide bonds. The summed E-state index contributed by atoms with van der Waals surface area (Å²) in [6.07, 6.45) is 2.05. The van der Waals surface area contributed by atoms with Crippen molar-refractivity contribution in [3.63, 3.8) is 0 Å². The minimum Gasteiger partial charge on any atom is -0.310 e. The second-order valence-electron chi connectivity index (χ2n) is 5.75. The van der Waals surface area contributed by atoms with Crippen molar-refractivity contribution in [1.29, 1.82) is 0 Å². The van der Waals surface area contributed by atoms with Crippen LogP contribution in [0, 0.1) is 0 Å². The molecule has 1 fully saturated rings. The molecular weight excluding hydrogens is 314 g/mol. The number of aryl methyl sites for hydroxylation is 1. The fraction of sp³-hybridized carbons (Fsp3) is 0.571. The van der Waals surface area contributed by atoms with E-state index in [1.165, 1.54) is 15.5 Å². The Morgan fingerprint density at radius 2 is 2.24 bits per heavy atom. The van der Waals surface area contributed by atoms with E-state index in [2.05, 4.69) is 9.97 Å². The highest BCUT2D eigenvalue weighted by Crippen LogP contribution is 2.44. The predicted octanol–water partition coefficient (Wildman–Crippen LogP) is 3.93. The summed E-state index contributed by atoms with van der Waals surface area (Å²) in [6.45, 7) is 0. The largest absolute Gasteiger partial charge is 0.310 e. The van der Waals surface area contributed by atoms with Gasteiger partial charge in [-0.3, -0.25) is 4.79 Å². The first kappa shape index (κ1) is 13.7. The van der Waals surface area contributed by atoms with E-state index in [9.17, 15) is 13.6 Å². The number of H-pyrrole nitrogens is 1. The molecule has 112 valence electrons. The number of thioether (sulfide) groups is 1. The maximum Gasteiger partial charge on any atom is 0.259 e. The third-order valence-corrected chi connectivity index (χ3v) is 6.76. The molecular formula is C14H14F2N2OS2. The quantitative estimate of drug-likeness (QED) is 0.863. The van der Waals surface area contributed by atoms with Crippen molar-refractivity contribution < 1.29 is 8.78 Å². The highest BCUT2D eigenvalue weighted by Gasteiger charge is 2.41. The van der Waals surface area contributed by atoms with Crippen molar-refractivity contribution in [2.45, 2.75) is 48.2 Å². The summed E-state index contributed by atoms with van der Waals surface area (Å²) in [6, 6.07) is 0. The number of halogens is 2. The Labute approximate surface area is 128 Å². The first-order chi connectivity index (χ1) is 10.0. The topological polar surface area (TPSA) is 45.8 Å². The Bertz CT molecular complexity index is 768. The molecule has 1 aliphatic heterocycles. The molecule has 1 atom stereocenters. The van der Waals surface area contributed by atoms with E-state index >= 15 is 0 Å². The lowest BCUT2D eigenvalue weighted by molar-refractivity contribution is 0.00754. The Morgan fingerprint density at radius 3 is 3.00 bits per heavy atom. The summed E-state index contributed by atoms with van der Waals surface area (Å²) in [4.78, 5) is 20.3. The molecule has 0 aromatic carbocycles. The number of nitrogens with zero attached hydrogens (tertiary/aromatic N) is 1. The molecule has 0 radical (unpaired) electrons. The Balaban J connectivity index is 1.81. The van der Waals surface area contributed by atoms with Crippen LogP contribution in [-0.4, -0.2) is 21.6 Å². The zero-order valence-corrected chi connectivity index (χ0v) is 12.9. The zero-order chi connectivity index (χ0) is 14.6. The maximum absolute atomic E-state index is 13.4. The lowest BCUT2D eigenvalue weighted by Crippen LogP contribution is -2.16. The van der Waals surface area contributed by atoms with Gasteiger partial charge in [0.2, 0.25) is 5.92 Å². The standard InChI is InChI=1S/C14H14F2N2OS2/c15-14(16)4-3-7(6-14)10-17-11(19)9-8-2-1-5-20-13(8)21-12(9)18-10/h7H,1-6H2,(H,17,18,19)/t7-/m0/s1. The van der Waals surface area contributed by atoms with Crippen LogP contribution in [0.5, 0.6) is 0 Å². The van der Waals surface area contributed by atoms with E-state index in [0.29, 0.717) is 22.5 Å². The molecule has 0 bridgehead atoms. The SMILES string of the molecule is O=c1[nH]c([C@H]2CCC(F)(F)C2)nc2sc3c(c12)CCCS3. The smallest absolute Gasteiger partial charge is 0.259 e. The molecule has 4 rings (SSSR count). The number of nitrogens with one attached hydrogen (secondary N) is 1. The summed E-state index contributed by atoms with van der Waals surface area (Å²) in [7, 11) is 0. The number of hydrogen-bond acceptors (Lipinski definition) is 4. The molecule has 0 unspecified atom stereocenters. The molecule has 7 heteroatoms. The minimum absolute atomic E-state index is 0.115. The van der Waals surface area contributed by atoms with Crippen molar-refractivity contribution >= 4 is 33.3 Å². The van der Waals surface area contributed by atoms with Crippen LogP contribution in [0.2, 0.25) is 0 Å². The number of fused-ring (bicyclic) bond motifs is 3. The van der Waals surface area contributed by atoms with Gasteiger partial charge < -0.3 is 4.98 Å². The van der Waals surface area contributed by atoms with Gasteiger partial charge in [-0.15, -0.1) is 23.1 Å². The molecule has 0 saturated heterocycles. The Kier molecular flexibility index (Phi) is 3.11. The van der Waals surface area contributed by atoms with Crippen molar-refractivity contribution in [2.75, 3.05) is 5.75 Å². The van der Waals surface area contributed by atoms with E-state index < -0.39 is 5.92 Å². The van der Waals surface area contributed by atoms with Gasteiger partial charge in [0.15, 0.2) is 0 Å². The van der Waals surface area contributed by atoms with E-state index in [-0.39, 0.29) is 24.3 Å². The summed E-state index contributed by atoms with van der Waals surface area (Å²) < 4.78 is 27.9. The van der Waals surface area contributed by atoms with Crippen LogP contribution in [0.3, 0.4) is 0 Å². The molecule has 3 nitrogen and oxygen atoms in total. The van der Waals surface area contributed by atoms with Crippen LogP contribution in [0.15, 0.2) is 9.00 Å². The van der Waals surface area contributed by atoms with Crippen LogP contribution in [0.4, 0.5) is 8.78 Å². The van der Waals surface area contributed by atoms with Gasteiger partial charge in [0.05, 0.1) is 9.60 Å². The van der Waals surface area contributed by atoms with Gasteiger partial charge in [-0.1, -0.05) is 0 Å². The molecule has 2 aromatic rings. The Morgan fingerprint density at radius 1 is 1.38 bits per heavy atom. The lowest BCUT2D eigenvalue weighted by Gasteiger charge is -2.10. The van der Waals surface area contributed by atoms with Gasteiger partial charge >= 0.3 is 0 Å². The van der Waals surface area contributed by atoms with Crippen molar-refractivity contribution in [3.05, 3.63) is 21.7 Å². The van der Waals surface area contributed by atoms with Gasteiger partial charge in [0.1, 0.15) is 10.7 Å². The summed E-state index contributed by atoms with van der Waals surface area (Å²) in [5, 5.41) is 0.677. The molecule has 1 aliphatic carbocycles. The van der Waals surface area contributed by atoms with E-state index in [0.717, 1.165) is 24.2 Å². The fourth-order valence-corrected chi connectivity index (χ4v) is 5.73. The summed E-state index contributed by atoms with van der Waals surface area (Å²) in [5.74, 6) is -1.44. The predicted molar refractivity (Wildman–Crippen MR) is 80.8 cm³/mol. The highest BCUT2D eigenvalue weighted by atomic mass is 32.2. The van der Waals surface area contributed by atoms with Gasteiger partial charge in [0, 0.05) is 18.8 Å². The summed E-state index contributed by atoms with van der Waals surface area (Å²) in [5.41, 5.74) is 0.938. The lowest BCUT2D eigenvalue weighted by atomic mass is 10.1. The number of thiophene rings is 1. The number of rotatable bonds is 1. The van der Waals surface area contributed by atoms with Gasteiger partial charge in [0.25, 0.3) is 5.56 Å². The first-order valence-corrected chi connectivity index (χ1v) is 8.90. The first-order valence-electron chi connectivity index (χ1n) is 7.10. The second kappa shape index (κ2) is 4.78.